The Balaban J connectivity index is 1.75. The van der Waals surface area contributed by atoms with Crippen LogP contribution in [-0.2, 0) is 4.79 Å². The van der Waals surface area contributed by atoms with Gasteiger partial charge in [-0.2, -0.15) is 0 Å². The van der Waals surface area contributed by atoms with Crippen LogP contribution in [0.5, 0.6) is 0 Å². The first-order valence-electron chi connectivity index (χ1n) is 8.41. The Hall–Kier alpha value is -1.95. The summed E-state index contributed by atoms with van der Waals surface area (Å²) >= 11 is 0. The van der Waals surface area contributed by atoms with Crippen LogP contribution in [0, 0.1) is 11.8 Å². The molecule has 0 aliphatic heterocycles. The molecule has 2 aromatic heterocycles. The maximum absolute atomic E-state index is 12.5. The van der Waals surface area contributed by atoms with Crippen LogP contribution in [0.4, 0.5) is 0 Å². The molecule has 1 fully saturated rings. The Labute approximate surface area is 136 Å². The zero-order chi connectivity index (χ0) is 16.4. The van der Waals surface area contributed by atoms with Crippen LogP contribution in [0.25, 0.3) is 5.65 Å². The van der Waals surface area contributed by atoms with Crippen LogP contribution in [0.3, 0.4) is 0 Å². The molecule has 124 valence electrons. The van der Waals surface area contributed by atoms with E-state index in [0.29, 0.717) is 12.3 Å². The van der Waals surface area contributed by atoms with E-state index in [0.717, 1.165) is 30.7 Å². The molecule has 1 amide bonds. The number of hydrogen-bond acceptors (Lipinski definition) is 4. The van der Waals surface area contributed by atoms with Crippen molar-refractivity contribution in [3.05, 3.63) is 30.2 Å². The van der Waals surface area contributed by atoms with Gasteiger partial charge < -0.3 is 11.1 Å². The van der Waals surface area contributed by atoms with Gasteiger partial charge in [0, 0.05) is 18.7 Å². The van der Waals surface area contributed by atoms with E-state index in [-0.39, 0.29) is 23.9 Å². The van der Waals surface area contributed by atoms with E-state index in [9.17, 15) is 4.79 Å². The fourth-order valence-electron chi connectivity index (χ4n) is 3.39. The van der Waals surface area contributed by atoms with E-state index in [1.807, 2.05) is 28.8 Å². The quantitative estimate of drug-likeness (QED) is 0.884. The number of carbonyl (C=O) groups excluding carboxylic acids is 1. The molecular weight excluding hydrogens is 290 g/mol. The molecule has 1 unspecified atom stereocenters. The van der Waals surface area contributed by atoms with Crippen molar-refractivity contribution in [3.63, 3.8) is 0 Å². The molecule has 2 aromatic rings. The molecule has 1 saturated carbocycles. The predicted molar refractivity (Wildman–Crippen MR) is 88.6 cm³/mol. The van der Waals surface area contributed by atoms with Gasteiger partial charge in [0.1, 0.15) is 0 Å². The second kappa shape index (κ2) is 6.66. The largest absolute Gasteiger partial charge is 0.346 e. The number of pyridine rings is 1. The first-order chi connectivity index (χ1) is 11.1. The summed E-state index contributed by atoms with van der Waals surface area (Å²) in [6.07, 6.45) is 5.64. The molecule has 6 heteroatoms. The Morgan fingerprint density at radius 2 is 2.22 bits per heavy atom. The number of rotatable bonds is 5. The first-order valence-corrected chi connectivity index (χ1v) is 8.41. The van der Waals surface area contributed by atoms with Gasteiger partial charge in [-0.05, 0) is 36.8 Å². The summed E-state index contributed by atoms with van der Waals surface area (Å²) in [6.45, 7) is 4.16. The lowest BCUT2D eigenvalue weighted by Gasteiger charge is -2.22. The molecule has 0 radical (unpaired) electrons. The van der Waals surface area contributed by atoms with Gasteiger partial charge >= 0.3 is 0 Å². The molecule has 3 atom stereocenters. The lowest BCUT2D eigenvalue weighted by molar-refractivity contribution is -0.123. The summed E-state index contributed by atoms with van der Waals surface area (Å²) in [7, 11) is 0. The van der Waals surface area contributed by atoms with Crippen molar-refractivity contribution in [2.75, 3.05) is 0 Å². The summed E-state index contributed by atoms with van der Waals surface area (Å²) in [5.74, 6) is 1.36. The first kappa shape index (κ1) is 15.9. The van der Waals surface area contributed by atoms with Gasteiger partial charge in [0.25, 0.3) is 0 Å². The minimum atomic E-state index is -0.155. The molecule has 6 nitrogen and oxygen atoms in total. The van der Waals surface area contributed by atoms with E-state index in [1.165, 1.54) is 0 Å². The number of carbonyl (C=O) groups is 1. The number of fused-ring (bicyclic) bond motifs is 1. The molecule has 2 heterocycles. The number of hydrogen-bond donors (Lipinski definition) is 2. The van der Waals surface area contributed by atoms with Crippen LogP contribution >= 0.6 is 0 Å². The third-order valence-corrected chi connectivity index (χ3v) is 4.77. The molecule has 3 N–H and O–H groups in total. The third-order valence-electron chi connectivity index (χ3n) is 4.77. The maximum Gasteiger partial charge on any atom is 0.220 e. The average Bonchev–Trinajstić information content (AvgIpc) is 3.11. The van der Waals surface area contributed by atoms with Crippen molar-refractivity contribution in [3.8, 4) is 0 Å². The minimum Gasteiger partial charge on any atom is -0.346 e. The Morgan fingerprint density at radius 1 is 1.39 bits per heavy atom. The van der Waals surface area contributed by atoms with Crippen LogP contribution in [0.1, 0.15) is 51.4 Å². The normalized spacial score (nSPS) is 22.6. The van der Waals surface area contributed by atoms with Gasteiger partial charge in [-0.3, -0.25) is 9.20 Å². The molecule has 23 heavy (non-hydrogen) atoms. The van der Waals surface area contributed by atoms with Gasteiger partial charge in [-0.15, -0.1) is 10.2 Å². The highest BCUT2D eigenvalue weighted by molar-refractivity contribution is 5.76. The maximum atomic E-state index is 12.5. The van der Waals surface area contributed by atoms with E-state index in [4.69, 9.17) is 5.73 Å². The number of nitrogens with two attached hydrogens (primary N) is 1. The van der Waals surface area contributed by atoms with Gasteiger partial charge in [0.05, 0.1) is 6.04 Å². The molecule has 1 aliphatic carbocycles. The van der Waals surface area contributed by atoms with Crippen molar-refractivity contribution < 1.29 is 4.79 Å². The van der Waals surface area contributed by atoms with Crippen molar-refractivity contribution in [1.82, 2.24) is 19.9 Å². The molecule has 1 aliphatic rings. The predicted octanol–water partition coefficient (Wildman–Crippen LogP) is 2.06. The average molecular weight is 315 g/mol. The van der Waals surface area contributed by atoms with Gasteiger partial charge in [0.15, 0.2) is 11.5 Å². The molecule has 0 spiro atoms. The second-order valence-electron chi connectivity index (χ2n) is 6.84. The second-order valence-corrected chi connectivity index (χ2v) is 6.84. The zero-order valence-electron chi connectivity index (χ0n) is 13.8. The third kappa shape index (κ3) is 3.37. The van der Waals surface area contributed by atoms with Crippen LogP contribution < -0.4 is 11.1 Å². The standard InChI is InChI=1S/C17H25N5O/c1-11(2)16(17-21-20-14-8-3-4-9-22(14)17)19-15(23)10-12-6-5-7-13(12)18/h3-4,8-9,11-13,16H,5-7,10,18H2,1-2H3,(H,19,23)/t12-,13+,16?/m0/s1. The summed E-state index contributed by atoms with van der Waals surface area (Å²) in [4.78, 5) is 12.5. The summed E-state index contributed by atoms with van der Waals surface area (Å²) in [5.41, 5.74) is 6.87. The lowest BCUT2D eigenvalue weighted by Crippen LogP contribution is -2.36. The number of amides is 1. The fraction of sp³-hybridized carbons (Fsp3) is 0.588. The number of nitrogens with zero attached hydrogens (tertiary/aromatic N) is 3. The number of aromatic nitrogens is 3. The smallest absolute Gasteiger partial charge is 0.220 e. The summed E-state index contributed by atoms with van der Waals surface area (Å²) < 4.78 is 1.94. The molecule has 0 saturated heterocycles. The van der Waals surface area contributed by atoms with E-state index < -0.39 is 0 Å². The zero-order valence-corrected chi connectivity index (χ0v) is 13.8. The molecule has 3 rings (SSSR count). The lowest BCUT2D eigenvalue weighted by atomic mass is 9.98. The Bertz CT molecular complexity index is 680. The van der Waals surface area contributed by atoms with E-state index in [1.54, 1.807) is 0 Å². The Kier molecular flexibility index (Phi) is 4.61. The molecule has 0 bridgehead atoms. The molecule has 0 aromatic carbocycles. The van der Waals surface area contributed by atoms with Crippen molar-refractivity contribution >= 4 is 11.6 Å². The van der Waals surface area contributed by atoms with Crippen molar-refractivity contribution in [2.45, 2.75) is 51.6 Å². The minimum absolute atomic E-state index is 0.0544. The molecular formula is C17H25N5O. The monoisotopic (exact) mass is 315 g/mol. The van der Waals surface area contributed by atoms with Crippen molar-refractivity contribution in [1.29, 1.82) is 0 Å². The van der Waals surface area contributed by atoms with E-state index >= 15 is 0 Å². The highest BCUT2D eigenvalue weighted by Gasteiger charge is 2.29. The topological polar surface area (TPSA) is 85.3 Å². The summed E-state index contributed by atoms with van der Waals surface area (Å²) in [6, 6.07) is 5.78. The van der Waals surface area contributed by atoms with Gasteiger partial charge in [0.2, 0.25) is 5.91 Å². The van der Waals surface area contributed by atoms with Gasteiger partial charge in [-0.25, -0.2) is 0 Å². The van der Waals surface area contributed by atoms with Crippen LogP contribution in [0.15, 0.2) is 24.4 Å². The fourth-order valence-corrected chi connectivity index (χ4v) is 3.39. The highest BCUT2D eigenvalue weighted by atomic mass is 16.1. The van der Waals surface area contributed by atoms with Crippen LogP contribution in [-0.4, -0.2) is 26.5 Å². The highest BCUT2D eigenvalue weighted by Crippen LogP contribution is 2.27. The van der Waals surface area contributed by atoms with Crippen LogP contribution in [0.2, 0.25) is 0 Å². The van der Waals surface area contributed by atoms with Crippen molar-refractivity contribution in [2.24, 2.45) is 17.6 Å². The summed E-state index contributed by atoms with van der Waals surface area (Å²) in [5, 5.41) is 11.6. The number of nitrogens with one attached hydrogen (secondary N) is 1. The van der Waals surface area contributed by atoms with E-state index in [2.05, 4.69) is 29.4 Å². The van der Waals surface area contributed by atoms with Gasteiger partial charge in [-0.1, -0.05) is 26.3 Å². The Morgan fingerprint density at radius 3 is 2.91 bits per heavy atom. The SMILES string of the molecule is CC(C)C(NC(=O)C[C@@H]1CCC[C@H]1N)c1nnc2ccccn12.